The van der Waals surface area contributed by atoms with Gasteiger partial charge >= 0.3 is 0 Å². The molecule has 1 aromatic heterocycles. The molecule has 6 nitrogen and oxygen atoms in total. The molecular weight excluding hydrogens is 344 g/mol. The zero-order chi connectivity index (χ0) is 18.8. The zero-order valence-corrected chi connectivity index (χ0v) is 15.0. The van der Waals surface area contributed by atoms with Crippen molar-refractivity contribution in [2.75, 3.05) is 12.4 Å². The van der Waals surface area contributed by atoms with Gasteiger partial charge in [0.2, 0.25) is 5.91 Å². The molecule has 138 valence electrons. The Hall–Kier alpha value is -3.28. The van der Waals surface area contributed by atoms with Gasteiger partial charge in [-0.2, -0.15) is 0 Å². The van der Waals surface area contributed by atoms with Crippen LogP contribution in [0.25, 0.3) is 11.0 Å². The van der Waals surface area contributed by atoms with E-state index in [1.54, 1.807) is 43.7 Å². The number of para-hydroxylation sites is 1. The van der Waals surface area contributed by atoms with Gasteiger partial charge in [0.05, 0.1) is 31.0 Å². The van der Waals surface area contributed by atoms with Crippen molar-refractivity contribution in [1.82, 2.24) is 5.32 Å². The van der Waals surface area contributed by atoms with Gasteiger partial charge < -0.3 is 19.8 Å². The first-order valence-corrected chi connectivity index (χ1v) is 8.88. The molecule has 1 aliphatic rings. The summed E-state index contributed by atoms with van der Waals surface area (Å²) in [4.78, 5) is 24.9. The monoisotopic (exact) mass is 364 g/mol. The van der Waals surface area contributed by atoms with E-state index in [1.165, 1.54) is 0 Å². The van der Waals surface area contributed by atoms with Crippen LogP contribution >= 0.6 is 0 Å². The van der Waals surface area contributed by atoms with E-state index in [0.29, 0.717) is 22.6 Å². The molecule has 0 bridgehead atoms. The van der Waals surface area contributed by atoms with Crippen molar-refractivity contribution in [3.63, 3.8) is 0 Å². The van der Waals surface area contributed by atoms with Crippen LogP contribution in [0.15, 0.2) is 53.1 Å². The van der Waals surface area contributed by atoms with Crippen LogP contribution in [0.5, 0.6) is 5.75 Å². The Morgan fingerprint density at radius 2 is 2.00 bits per heavy atom. The lowest BCUT2D eigenvalue weighted by Crippen LogP contribution is -2.27. The van der Waals surface area contributed by atoms with E-state index >= 15 is 0 Å². The molecule has 1 saturated carbocycles. The second-order valence-corrected chi connectivity index (χ2v) is 6.64. The summed E-state index contributed by atoms with van der Waals surface area (Å²) in [7, 11) is 1.59. The maximum Gasteiger partial charge on any atom is 0.253 e. The highest BCUT2D eigenvalue weighted by atomic mass is 16.5. The van der Waals surface area contributed by atoms with Gasteiger partial charge in [0.1, 0.15) is 11.3 Å². The molecule has 3 aromatic rings. The molecule has 1 aliphatic carbocycles. The van der Waals surface area contributed by atoms with Gasteiger partial charge in [-0.15, -0.1) is 0 Å². The highest BCUT2D eigenvalue weighted by Gasteiger charge is 2.25. The lowest BCUT2D eigenvalue weighted by atomic mass is 10.1. The maximum absolute atomic E-state index is 12.5. The number of nitrogens with one attached hydrogen (secondary N) is 2. The van der Waals surface area contributed by atoms with Gasteiger partial charge in [-0.05, 0) is 37.1 Å². The average molecular weight is 364 g/mol. The van der Waals surface area contributed by atoms with Crippen molar-refractivity contribution in [3.8, 4) is 5.75 Å². The predicted molar refractivity (Wildman–Crippen MR) is 102 cm³/mol. The smallest absolute Gasteiger partial charge is 0.253 e. The molecule has 1 fully saturated rings. The Balaban J connectivity index is 1.49. The van der Waals surface area contributed by atoms with E-state index < -0.39 is 0 Å². The number of hydrogen-bond donors (Lipinski definition) is 2. The SMILES string of the molecule is COc1ccc2c(CC(=O)Nc3ccccc3C(=O)NC3CC3)coc2c1. The van der Waals surface area contributed by atoms with Crippen LogP contribution in [0.1, 0.15) is 28.8 Å². The van der Waals surface area contributed by atoms with Crippen molar-refractivity contribution < 1.29 is 18.7 Å². The van der Waals surface area contributed by atoms with E-state index in [2.05, 4.69) is 10.6 Å². The third kappa shape index (κ3) is 3.79. The topological polar surface area (TPSA) is 80.6 Å². The molecule has 2 amide bonds. The molecule has 27 heavy (non-hydrogen) atoms. The minimum absolute atomic E-state index is 0.151. The second kappa shape index (κ2) is 7.15. The first-order valence-electron chi connectivity index (χ1n) is 8.88. The maximum atomic E-state index is 12.5. The number of benzene rings is 2. The number of carbonyl (C=O) groups is 2. The van der Waals surface area contributed by atoms with Crippen LogP contribution in [0.4, 0.5) is 5.69 Å². The van der Waals surface area contributed by atoms with Crippen LogP contribution in [-0.2, 0) is 11.2 Å². The van der Waals surface area contributed by atoms with Gasteiger partial charge in [0.15, 0.2) is 0 Å². The molecule has 2 aromatic carbocycles. The number of hydrogen-bond acceptors (Lipinski definition) is 4. The second-order valence-electron chi connectivity index (χ2n) is 6.64. The number of carbonyl (C=O) groups excluding carboxylic acids is 2. The predicted octanol–water partition coefficient (Wildman–Crippen LogP) is 3.51. The fourth-order valence-electron chi connectivity index (χ4n) is 2.98. The number of methoxy groups -OCH3 is 1. The highest BCUT2D eigenvalue weighted by Crippen LogP contribution is 2.26. The minimum Gasteiger partial charge on any atom is -0.497 e. The minimum atomic E-state index is -0.208. The summed E-state index contributed by atoms with van der Waals surface area (Å²) in [5.74, 6) is 0.331. The number of ether oxygens (including phenoxy) is 1. The Labute approximate surface area is 156 Å². The molecule has 0 unspecified atom stereocenters. The van der Waals surface area contributed by atoms with Gasteiger partial charge in [0, 0.05) is 23.1 Å². The van der Waals surface area contributed by atoms with Crippen LogP contribution in [0.2, 0.25) is 0 Å². The van der Waals surface area contributed by atoms with E-state index in [-0.39, 0.29) is 24.3 Å². The van der Waals surface area contributed by atoms with Gasteiger partial charge in [-0.25, -0.2) is 0 Å². The lowest BCUT2D eigenvalue weighted by molar-refractivity contribution is -0.115. The Kier molecular flexibility index (Phi) is 4.54. The van der Waals surface area contributed by atoms with E-state index in [1.807, 2.05) is 12.1 Å². The first kappa shape index (κ1) is 17.1. The van der Waals surface area contributed by atoms with E-state index in [0.717, 1.165) is 23.8 Å². The molecule has 2 N–H and O–H groups in total. The highest BCUT2D eigenvalue weighted by molar-refractivity contribution is 6.04. The summed E-state index contributed by atoms with van der Waals surface area (Å²) < 4.78 is 10.7. The Bertz CT molecular complexity index is 1000. The third-order valence-electron chi connectivity index (χ3n) is 4.57. The summed E-state index contributed by atoms with van der Waals surface area (Å²) in [6, 6.07) is 12.8. The fraction of sp³-hybridized carbons (Fsp3) is 0.238. The van der Waals surface area contributed by atoms with Gasteiger partial charge in [-0.1, -0.05) is 12.1 Å². The van der Waals surface area contributed by atoms with Crippen LogP contribution < -0.4 is 15.4 Å². The van der Waals surface area contributed by atoms with E-state index in [4.69, 9.17) is 9.15 Å². The first-order chi connectivity index (χ1) is 13.1. The summed E-state index contributed by atoms with van der Waals surface area (Å²) >= 11 is 0. The molecule has 0 aliphatic heterocycles. The molecule has 0 radical (unpaired) electrons. The Morgan fingerprint density at radius 1 is 1.19 bits per heavy atom. The molecule has 1 heterocycles. The van der Waals surface area contributed by atoms with Crippen molar-refractivity contribution in [1.29, 1.82) is 0 Å². The van der Waals surface area contributed by atoms with Crippen molar-refractivity contribution in [2.24, 2.45) is 0 Å². The lowest BCUT2D eigenvalue weighted by Gasteiger charge is -2.11. The average Bonchev–Trinajstić information content (AvgIpc) is 3.41. The summed E-state index contributed by atoms with van der Waals surface area (Å²) in [5, 5.41) is 6.66. The number of furan rings is 1. The summed E-state index contributed by atoms with van der Waals surface area (Å²) in [6.07, 6.45) is 3.75. The van der Waals surface area contributed by atoms with Crippen molar-refractivity contribution >= 4 is 28.5 Å². The molecule has 0 saturated heterocycles. The van der Waals surface area contributed by atoms with Crippen LogP contribution in [0.3, 0.4) is 0 Å². The van der Waals surface area contributed by atoms with E-state index in [9.17, 15) is 9.59 Å². The summed E-state index contributed by atoms with van der Waals surface area (Å²) in [6.45, 7) is 0. The number of anilines is 1. The van der Waals surface area contributed by atoms with Gasteiger partial charge in [0.25, 0.3) is 5.91 Å². The standard InChI is InChI=1S/C21H20N2O4/c1-26-15-8-9-16-13(12-27-19(16)11-15)10-20(24)23-18-5-3-2-4-17(18)21(25)22-14-6-7-14/h2-5,8-9,11-12,14H,6-7,10H2,1H3,(H,22,25)(H,23,24). The number of fused-ring (bicyclic) bond motifs is 1. The van der Waals surface area contributed by atoms with Crippen LogP contribution in [0, 0.1) is 0 Å². The van der Waals surface area contributed by atoms with Crippen LogP contribution in [-0.4, -0.2) is 25.0 Å². The molecule has 0 spiro atoms. The summed E-state index contributed by atoms with van der Waals surface area (Å²) in [5.41, 5.74) is 2.43. The fourth-order valence-corrected chi connectivity index (χ4v) is 2.98. The Morgan fingerprint density at radius 3 is 2.78 bits per heavy atom. The van der Waals surface area contributed by atoms with Gasteiger partial charge in [-0.3, -0.25) is 9.59 Å². The largest absolute Gasteiger partial charge is 0.497 e. The zero-order valence-electron chi connectivity index (χ0n) is 15.0. The molecule has 0 atom stereocenters. The third-order valence-corrected chi connectivity index (χ3v) is 4.57. The normalized spacial score (nSPS) is 13.4. The molecular formula is C21H20N2O4. The number of rotatable bonds is 6. The van der Waals surface area contributed by atoms with Crippen molar-refractivity contribution in [2.45, 2.75) is 25.3 Å². The number of amides is 2. The molecule has 4 rings (SSSR count). The van der Waals surface area contributed by atoms with Crippen molar-refractivity contribution in [3.05, 3.63) is 59.9 Å². The quantitative estimate of drug-likeness (QED) is 0.701. The molecule has 6 heteroatoms.